The molecule has 0 amide bonds. The van der Waals surface area contributed by atoms with Gasteiger partial charge in [0.25, 0.3) is 0 Å². The van der Waals surface area contributed by atoms with E-state index in [0.29, 0.717) is 0 Å². The van der Waals surface area contributed by atoms with E-state index in [0.717, 1.165) is 11.5 Å². The topological polar surface area (TPSA) is 26.0 Å². The van der Waals surface area contributed by atoms with Crippen LogP contribution in [0.1, 0.15) is 18.4 Å². The zero-order chi connectivity index (χ0) is 6.69. The molecule has 48 valence electrons. The van der Waals surface area contributed by atoms with Gasteiger partial charge in [0, 0.05) is 6.07 Å². The van der Waals surface area contributed by atoms with Crippen molar-refractivity contribution in [3.8, 4) is 0 Å². The van der Waals surface area contributed by atoms with E-state index < -0.39 is 0 Å². The molecule has 0 bridgehead atoms. The van der Waals surface area contributed by atoms with Gasteiger partial charge in [-0.05, 0) is 19.9 Å². The summed E-state index contributed by atoms with van der Waals surface area (Å²) >= 11 is 0. The summed E-state index contributed by atoms with van der Waals surface area (Å²) in [7, 11) is 0. The normalized spacial score (nSPS) is 10.9. The van der Waals surface area contributed by atoms with Gasteiger partial charge in [0.05, 0.1) is 0 Å². The molecule has 0 fully saturated rings. The van der Waals surface area contributed by atoms with Gasteiger partial charge in [-0.25, -0.2) is 0 Å². The van der Waals surface area contributed by atoms with Gasteiger partial charge in [-0.3, -0.25) is 0 Å². The fourth-order valence-corrected chi connectivity index (χ4v) is 0.635. The highest BCUT2D eigenvalue weighted by atomic mass is 16.5. The summed E-state index contributed by atoms with van der Waals surface area (Å²) < 4.78 is 4.82. The number of aryl methyl sites for hydroxylation is 1. The number of aromatic nitrogens is 1. The number of nitrogens with zero attached hydrogens (tertiary/aromatic N) is 1. The van der Waals surface area contributed by atoms with Gasteiger partial charge >= 0.3 is 0 Å². The average Bonchev–Trinajstić information content (AvgIpc) is 2.17. The van der Waals surface area contributed by atoms with Gasteiger partial charge in [-0.2, -0.15) is 0 Å². The lowest BCUT2D eigenvalue weighted by Crippen LogP contribution is -1.63. The van der Waals surface area contributed by atoms with Gasteiger partial charge in [0.15, 0.2) is 0 Å². The van der Waals surface area contributed by atoms with E-state index >= 15 is 0 Å². The molecule has 1 aromatic heterocycles. The highest BCUT2D eigenvalue weighted by Gasteiger charge is 1.91. The maximum Gasteiger partial charge on any atom is 0.134 e. The molecule has 0 radical (unpaired) electrons. The zero-order valence-corrected chi connectivity index (χ0v) is 5.59. The molecule has 1 rings (SSSR count). The van der Waals surface area contributed by atoms with E-state index in [2.05, 4.69) is 5.16 Å². The molecule has 0 spiro atoms. The van der Waals surface area contributed by atoms with Crippen LogP contribution >= 0.6 is 0 Å². The predicted molar refractivity (Wildman–Crippen MR) is 35.9 cm³/mol. The Morgan fingerprint density at radius 1 is 1.67 bits per heavy atom. The van der Waals surface area contributed by atoms with Crippen LogP contribution in [0.25, 0.3) is 6.08 Å². The first kappa shape index (κ1) is 6.08. The molecule has 0 aliphatic rings. The number of hydrogen-bond acceptors (Lipinski definition) is 2. The first-order valence-corrected chi connectivity index (χ1v) is 2.89. The van der Waals surface area contributed by atoms with Crippen molar-refractivity contribution >= 4 is 6.08 Å². The number of rotatable bonds is 1. The predicted octanol–water partition coefficient (Wildman–Crippen LogP) is 2.02. The third-order valence-electron chi connectivity index (χ3n) is 0.984. The molecule has 0 saturated carbocycles. The van der Waals surface area contributed by atoms with Gasteiger partial charge < -0.3 is 4.52 Å². The Balaban J connectivity index is 2.85. The van der Waals surface area contributed by atoms with Gasteiger partial charge in [-0.1, -0.05) is 11.2 Å². The maximum atomic E-state index is 4.82. The minimum Gasteiger partial charge on any atom is -0.361 e. The SMILES string of the molecule is C/C=C/c1cc(C)on1. The van der Waals surface area contributed by atoms with Crippen molar-refractivity contribution in [3.05, 3.63) is 23.6 Å². The number of allylic oxidation sites excluding steroid dienone is 1. The lowest BCUT2D eigenvalue weighted by atomic mass is 10.3. The molecule has 2 heteroatoms. The molecule has 0 aliphatic carbocycles. The third kappa shape index (κ3) is 1.42. The molecular weight excluding hydrogens is 114 g/mol. The third-order valence-corrected chi connectivity index (χ3v) is 0.984. The van der Waals surface area contributed by atoms with Crippen LogP contribution in [0.3, 0.4) is 0 Å². The van der Waals surface area contributed by atoms with Crippen LogP contribution in [0.4, 0.5) is 0 Å². The monoisotopic (exact) mass is 123 g/mol. The lowest BCUT2D eigenvalue weighted by Gasteiger charge is -1.71. The summed E-state index contributed by atoms with van der Waals surface area (Å²) in [4.78, 5) is 0. The maximum absolute atomic E-state index is 4.82. The summed E-state index contributed by atoms with van der Waals surface area (Å²) in [5.41, 5.74) is 0.884. The van der Waals surface area contributed by atoms with E-state index in [4.69, 9.17) is 4.52 Å². The summed E-state index contributed by atoms with van der Waals surface area (Å²) in [6.07, 6.45) is 3.83. The highest BCUT2D eigenvalue weighted by molar-refractivity contribution is 5.42. The van der Waals surface area contributed by atoms with E-state index in [1.165, 1.54) is 0 Å². The first-order valence-electron chi connectivity index (χ1n) is 2.89. The van der Waals surface area contributed by atoms with Gasteiger partial charge in [0.1, 0.15) is 11.5 Å². The lowest BCUT2D eigenvalue weighted by molar-refractivity contribution is 0.396. The molecule has 1 heterocycles. The first-order chi connectivity index (χ1) is 4.33. The fraction of sp³-hybridized carbons (Fsp3) is 0.286. The van der Waals surface area contributed by atoms with Crippen molar-refractivity contribution in [2.24, 2.45) is 0 Å². The Morgan fingerprint density at radius 2 is 2.44 bits per heavy atom. The number of hydrogen-bond donors (Lipinski definition) is 0. The van der Waals surface area contributed by atoms with Crippen molar-refractivity contribution in [2.75, 3.05) is 0 Å². The minimum atomic E-state index is 0.850. The molecule has 1 aromatic rings. The molecule has 0 saturated heterocycles. The molecule has 2 nitrogen and oxygen atoms in total. The van der Waals surface area contributed by atoms with Crippen LogP contribution in [0, 0.1) is 6.92 Å². The molecule has 0 aliphatic heterocycles. The van der Waals surface area contributed by atoms with Crippen molar-refractivity contribution in [3.63, 3.8) is 0 Å². The smallest absolute Gasteiger partial charge is 0.134 e. The highest BCUT2D eigenvalue weighted by Crippen LogP contribution is 2.02. The van der Waals surface area contributed by atoms with Crippen LogP contribution in [0.2, 0.25) is 0 Å². The van der Waals surface area contributed by atoms with E-state index in [-0.39, 0.29) is 0 Å². The Labute approximate surface area is 54.2 Å². The molecule has 0 unspecified atom stereocenters. The summed E-state index contributed by atoms with van der Waals surface area (Å²) in [5, 5.41) is 3.74. The molecule has 0 aromatic carbocycles. The second-order valence-electron chi connectivity index (χ2n) is 1.86. The van der Waals surface area contributed by atoms with E-state index in [1.54, 1.807) is 0 Å². The second kappa shape index (κ2) is 2.49. The fourth-order valence-electron chi connectivity index (χ4n) is 0.635. The van der Waals surface area contributed by atoms with Crippen LogP contribution in [0.15, 0.2) is 16.7 Å². The van der Waals surface area contributed by atoms with E-state index in [1.807, 2.05) is 32.1 Å². The Bertz CT molecular complexity index is 212. The zero-order valence-electron chi connectivity index (χ0n) is 5.59. The Morgan fingerprint density at radius 3 is 2.89 bits per heavy atom. The van der Waals surface area contributed by atoms with Crippen LogP contribution in [-0.2, 0) is 0 Å². The van der Waals surface area contributed by atoms with Crippen LogP contribution in [-0.4, -0.2) is 5.16 Å². The summed E-state index contributed by atoms with van der Waals surface area (Å²) in [6, 6.07) is 1.89. The average molecular weight is 123 g/mol. The molecule has 9 heavy (non-hydrogen) atoms. The largest absolute Gasteiger partial charge is 0.361 e. The van der Waals surface area contributed by atoms with Crippen molar-refractivity contribution in [1.29, 1.82) is 0 Å². The molecule has 0 atom stereocenters. The molecular formula is C7H9NO. The van der Waals surface area contributed by atoms with Crippen molar-refractivity contribution in [1.82, 2.24) is 5.16 Å². The Kier molecular flexibility index (Phi) is 1.68. The van der Waals surface area contributed by atoms with Gasteiger partial charge in [-0.15, -0.1) is 0 Å². The summed E-state index contributed by atoms with van der Waals surface area (Å²) in [5.74, 6) is 0.850. The van der Waals surface area contributed by atoms with E-state index in [9.17, 15) is 0 Å². The minimum absolute atomic E-state index is 0.850. The van der Waals surface area contributed by atoms with Gasteiger partial charge in [0.2, 0.25) is 0 Å². The molecule has 0 N–H and O–H groups in total. The quantitative estimate of drug-likeness (QED) is 0.571. The standard InChI is InChI=1S/C7H9NO/c1-3-4-7-5-6(2)9-8-7/h3-5H,1-2H3/b4-3+. The summed E-state index contributed by atoms with van der Waals surface area (Å²) in [6.45, 7) is 3.82. The van der Waals surface area contributed by atoms with Crippen LogP contribution in [0.5, 0.6) is 0 Å². The second-order valence-corrected chi connectivity index (χ2v) is 1.86. The van der Waals surface area contributed by atoms with Crippen molar-refractivity contribution in [2.45, 2.75) is 13.8 Å². The Hall–Kier alpha value is -1.05. The van der Waals surface area contributed by atoms with Crippen LogP contribution < -0.4 is 0 Å². The van der Waals surface area contributed by atoms with Crippen molar-refractivity contribution < 1.29 is 4.52 Å².